The summed E-state index contributed by atoms with van der Waals surface area (Å²) in [5, 5.41) is 0. The summed E-state index contributed by atoms with van der Waals surface area (Å²) in [6.45, 7) is 6.08. The highest BCUT2D eigenvalue weighted by Crippen LogP contribution is 2.64. The predicted molar refractivity (Wildman–Crippen MR) is 56.9 cm³/mol. The van der Waals surface area contributed by atoms with Crippen molar-refractivity contribution >= 4 is 7.37 Å². The average Bonchev–Trinajstić information content (AvgIpc) is 2.18. The molecule has 1 atom stereocenters. The van der Waals surface area contributed by atoms with E-state index in [0.717, 1.165) is 0 Å². The predicted octanol–water partition coefficient (Wildman–Crippen LogP) is 3.27. The lowest BCUT2D eigenvalue weighted by molar-refractivity contribution is -0.171. The van der Waals surface area contributed by atoms with E-state index in [9.17, 15) is 13.3 Å². The first-order chi connectivity index (χ1) is 7.38. The molecule has 0 bridgehead atoms. The Morgan fingerprint density at radius 1 is 1.12 bits per heavy atom. The Kier molecular flexibility index (Phi) is 6.63. The summed E-state index contributed by atoms with van der Waals surface area (Å²) in [6, 6.07) is 0. The zero-order chi connectivity index (χ0) is 12.8. The average molecular weight is 260 g/mol. The first-order valence-corrected chi connectivity index (χ1v) is 6.87. The molecule has 0 radical (unpaired) electrons. The normalized spacial score (nSPS) is 16.4. The van der Waals surface area contributed by atoms with Crippen molar-refractivity contribution in [2.24, 2.45) is 0 Å². The molecule has 0 aliphatic rings. The van der Waals surface area contributed by atoms with Gasteiger partial charge in [-0.3, -0.25) is 4.57 Å². The van der Waals surface area contributed by atoms with Gasteiger partial charge in [0.1, 0.15) is 0 Å². The number of halogens is 2. The van der Waals surface area contributed by atoms with Gasteiger partial charge in [-0.25, -0.2) is 0 Å². The van der Waals surface area contributed by atoms with Crippen molar-refractivity contribution in [2.45, 2.75) is 39.4 Å². The fourth-order valence-corrected chi connectivity index (χ4v) is 3.00. The Bertz CT molecular complexity index is 242. The molecule has 0 amide bonds. The Morgan fingerprint density at radius 2 is 1.56 bits per heavy atom. The Hall–Kier alpha value is -0.0300. The summed E-state index contributed by atoms with van der Waals surface area (Å²) in [6.07, 6.45) is -3.13. The zero-order valence-electron chi connectivity index (χ0n) is 10.0. The van der Waals surface area contributed by atoms with Crippen LogP contribution >= 0.6 is 7.37 Å². The van der Waals surface area contributed by atoms with Gasteiger partial charge in [-0.1, -0.05) is 0 Å². The van der Waals surface area contributed by atoms with Gasteiger partial charge in [-0.2, -0.15) is 8.78 Å². The molecule has 0 fully saturated rings. The molecule has 0 aliphatic carbocycles. The molecule has 7 heteroatoms. The van der Waals surface area contributed by atoms with Gasteiger partial charge >= 0.3 is 13.5 Å². The van der Waals surface area contributed by atoms with E-state index >= 15 is 0 Å². The van der Waals surface area contributed by atoms with Crippen LogP contribution in [0.1, 0.15) is 27.7 Å². The molecule has 0 aromatic heterocycles. The minimum atomic E-state index is -4.32. The third kappa shape index (κ3) is 3.23. The Labute approximate surface area is 94.7 Å². The highest BCUT2D eigenvalue weighted by atomic mass is 31.2. The highest BCUT2D eigenvalue weighted by molar-refractivity contribution is 7.60. The van der Waals surface area contributed by atoms with Crippen LogP contribution < -0.4 is 0 Å². The molecule has 0 rings (SSSR count). The van der Waals surface area contributed by atoms with E-state index in [4.69, 9.17) is 14.0 Å². The van der Waals surface area contributed by atoms with Crippen LogP contribution in [-0.4, -0.2) is 31.5 Å². The van der Waals surface area contributed by atoms with Crippen molar-refractivity contribution in [3.8, 4) is 0 Å². The molecule has 0 spiro atoms. The van der Waals surface area contributed by atoms with Crippen LogP contribution in [0.4, 0.5) is 8.78 Å². The number of rotatable bonds is 8. The Balaban J connectivity index is 5.16. The van der Waals surface area contributed by atoms with Crippen LogP contribution in [0.25, 0.3) is 0 Å². The summed E-state index contributed by atoms with van der Waals surface area (Å²) in [4.78, 5) is 0. The molecule has 0 N–H and O–H groups in total. The molecule has 16 heavy (non-hydrogen) atoms. The number of alkyl halides is 2. The lowest BCUT2D eigenvalue weighted by atomic mass is 10.7. The topological polar surface area (TPSA) is 44.8 Å². The third-order valence-electron chi connectivity index (χ3n) is 1.97. The summed E-state index contributed by atoms with van der Waals surface area (Å²) >= 11 is 0. The SMILES string of the molecule is CCOC(C)(OCC)P(=O)(OCC)C(F)F. The molecule has 0 aromatic carbocycles. The van der Waals surface area contributed by atoms with E-state index in [0.29, 0.717) is 0 Å². The maximum atomic E-state index is 12.9. The van der Waals surface area contributed by atoms with Gasteiger partial charge in [0.05, 0.1) is 6.61 Å². The summed E-state index contributed by atoms with van der Waals surface area (Å²) < 4.78 is 52.7. The quantitative estimate of drug-likeness (QED) is 0.496. The highest BCUT2D eigenvalue weighted by Gasteiger charge is 2.54. The molecule has 0 saturated heterocycles. The second kappa shape index (κ2) is 6.64. The van der Waals surface area contributed by atoms with Crippen molar-refractivity contribution < 1.29 is 27.3 Å². The molecule has 0 aromatic rings. The van der Waals surface area contributed by atoms with Gasteiger partial charge in [-0.05, 0) is 27.7 Å². The summed E-state index contributed by atoms with van der Waals surface area (Å²) in [5.74, 6) is 0. The van der Waals surface area contributed by atoms with E-state index in [-0.39, 0.29) is 19.8 Å². The second-order valence-electron chi connectivity index (χ2n) is 3.06. The van der Waals surface area contributed by atoms with Crippen LogP contribution in [0.15, 0.2) is 0 Å². The van der Waals surface area contributed by atoms with Crippen LogP contribution in [0.3, 0.4) is 0 Å². The standard InChI is InChI=1S/C9H19F2O4P/c1-5-13-9(4,14-6-2)16(12,8(10)11)15-7-3/h8H,5-7H2,1-4H3. The first kappa shape index (κ1) is 16.0. The number of hydrogen-bond acceptors (Lipinski definition) is 4. The second-order valence-corrected chi connectivity index (χ2v) is 5.71. The smallest absolute Gasteiger partial charge is 0.324 e. The fraction of sp³-hybridized carbons (Fsp3) is 1.00. The molecular formula is C9H19F2O4P. The van der Waals surface area contributed by atoms with Gasteiger partial charge in [0.15, 0.2) is 0 Å². The molecule has 1 unspecified atom stereocenters. The fourth-order valence-electron chi connectivity index (χ4n) is 1.30. The van der Waals surface area contributed by atoms with Gasteiger partial charge in [0.25, 0.3) is 0 Å². The van der Waals surface area contributed by atoms with E-state index in [1.807, 2.05) is 0 Å². The number of hydrogen-bond donors (Lipinski definition) is 0. The van der Waals surface area contributed by atoms with Crippen LogP contribution in [0, 0.1) is 0 Å². The minimum Gasteiger partial charge on any atom is -0.342 e. The Morgan fingerprint density at radius 3 is 1.81 bits per heavy atom. The van der Waals surface area contributed by atoms with Gasteiger partial charge in [-0.15, -0.1) is 0 Å². The lowest BCUT2D eigenvalue weighted by Gasteiger charge is -2.35. The van der Waals surface area contributed by atoms with E-state index in [1.165, 1.54) is 13.8 Å². The van der Waals surface area contributed by atoms with E-state index < -0.39 is 19.1 Å². The van der Waals surface area contributed by atoms with Gasteiger partial charge < -0.3 is 14.0 Å². The lowest BCUT2D eigenvalue weighted by Crippen LogP contribution is -2.35. The zero-order valence-corrected chi connectivity index (χ0v) is 10.9. The molecule has 98 valence electrons. The molecular weight excluding hydrogens is 241 g/mol. The van der Waals surface area contributed by atoms with Crippen molar-refractivity contribution in [3.63, 3.8) is 0 Å². The van der Waals surface area contributed by atoms with Crippen LogP contribution in [0.2, 0.25) is 0 Å². The summed E-state index contributed by atoms with van der Waals surface area (Å²) in [7, 11) is -4.32. The largest absolute Gasteiger partial charge is 0.342 e. The van der Waals surface area contributed by atoms with E-state index in [1.54, 1.807) is 13.8 Å². The molecule has 4 nitrogen and oxygen atoms in total. The first-order valence-electron chi connectivity index (χ1n) is 5.18. The van der Waals surface area contributed by atoms with Gasteiger partial charge in [0.2, 0.25) is 5.53 Å². The third-order valence-corrected chi connectivity index (χ3v) is 4.51. The van der Waals surface area contributed by atoms with Crippen molar-refractivity contribution in [1.29, 1.82) is 0 Å². The maximum absolute atomic E-state index is 12.9. The van der Waals surface area contributed by atoms with Crippen LogP contribution in [0.5, 0.6) is 0 Å². The van der Waals surface area contributed by atoms with Crippen molar-refractivity contribution in [3.05, 3.63) is 0 Å². The molecule has 0 heterocycles. The maximum Gasteiger partial charge on any atom is 0.324 e. The molecule has 0 aliphatic heterocycles. The van der Waals surface area contributed by atoms with Gasteiger partial charge in [0, 0.05) is 13.2 Å². The van der Waals surface area contributed by atoms with Crippen molar-refractivity contribution in [1.82, 2.24) is 0 Å². The van der Waals surface area contributed by atoms with Crippen molar-refractivity contribution in [2.75, 3.05) is 19.8 Å². The summed E-state index contributed by atoms with van der Waals surface area (Å²) in [5.41, 5.74) is -1.89. The van der Waals surface area contributed by atoms with E-state index in [2.05, 4.69) is 0 Å². The minimum absolute atomic E-state index is 0.0860. The van der Waals surface area contributed by atoms with Crippen LogP contribution in [-0.2, 0) is 18.6 Å². The number of ether oxygens (including phenoxy) is 2. The monoisotopic (exact) mass is 260 g/mol. The molecule has 0 saturated carbocycles.